The van der Waals surface area contributed by atoms with E-state index in [0.717, 1.165) is 17.8 Å². The van der Waals surface area contributed by atoms with E-state index in [1.54, 1.807) is 5.51 Å². The number of nitrogens with zero attached hydrogens (tertiary/aromatic N) is 1. The lowest BCUT2D eigenvalue weighted by Crippen LogP contribution is -2.15. The minimum absolute atomic E-state index is 0.0862. The van der Waals surface area contributed by atoms with Crippen molar-refractivity contribution in [3.8, 4) is 0 Å². The molecule has 0 aliphatic carbocycles. The van der Waals surface area contributed by atoms with Gasteiger partial charge in [0.15, 0.2) is 0 Å². The van der Waals surface area contributed by atoms with Crippen LogP contribution in [0, 0.1) is 0 Å². The maximum absolute atomic E-state index is 12.7. The Morgan fingerprint density at radius 1 is 1.40 bits per heavy atom. The molecule has 1 aromatic heterocycles. The molecule has 0 unspecified atom stereocenters. The summed E-state index contributed by atoms with van der Waals surface area (Å²) in [5, 5.41) is 4.83. The van der Waals surface area contributed by atoms with Crippen LogP contribution in [-0.4, -0.2) is 9.97 Å². The molecule has 3 nitrogen and oxygen atoms in total. The van der Waals surface area contributed by atoms with Crippen molar-refractivity contribution in [1.82, 2.24) is 4.98 Å². The molecule has 1 heterocycles. The number of anilines is 1. The van der Waals surface area contributed by atoms with E-state index in [1.165, 1.54) is 17.4 Å². The van der Waals surface area contributed by atoms with Crippen LogP contribution in [0.3, 0.4) is 0 Å². The van der Waals surface area contributed by atoms with Gasteiger partial charge in [0.1, 0.15) is 4.99 Å². The Labute approximate surface area is 122 Å². The standard InChI is InChI=1S/C12H10F3N3S2/c13-12(14,15)7-1-2-10(9(3-7)11(16)19)17-4-8-5-20-6-18-8/h1-3,5-6,17H,4H2,(H2,16,19). The number of thiazole rings is 1. The van der Waals surface area contributed by atoms with Crippen molar-refractivity contribution in [2.24, 2.45) is 5.73 Å². The van der Waals surface area contributed by atoms with E-state index in [9.17, 15) is 13.2 Å². The predicted molar refractivity (Wildman–Crippen MR) is 76.8 cm³/mol. The summed E-state index contributed by atoms with van der Waals surface area (Å²) < 4.78 is 38.0. The van der Waals surface area contributed by atoms with E-state index < -0.39 is 11.7 Å². The minimum Gasteiger partial charge on any atom is -0.389 e. The summed E-state index contributed by atoms with van der Waals surface area (Å²) in [4.78, 5) is 3.99. The van der Waals surface area contributed by atoms with Crippen molar-refractivity contribution in [2.75, 3.05) is 5.32 Å². The molecule has 2 rings (SSSR count). The van der Waals surface area contributed by atoms with Crippen LogP contribution in [0.25, 0.3) is 0 Å². The van der Waals surface area contributed by atoms with Gasteiger partial charge in [-0.1, -0.05) is 12.2 Å². The molecular weight excluding hydrogens is 307 g/mol. The molecule has 20 heavy (non-hydrogen) atoms. The molecule has 8 heteroatoms. The fourth-order valence-corrected chi connectivity index (χ4v) is 2.32. The van der Waals surface area contributed by atoms with Crippen molar-refractivity contribution in [2.45, 2.75) is 12.7 Å². The molecule has 0 amide bonds. The molecule has 0 spiro atoms. The lowest BCUT2D eigenvalue weighted by atomic mass is 10.1. The van der Waals surface area contributed by atoms with E-state index in [4.69, 9.17) is 18.0 Å². The summed E-state index contributed by atoms with van der Waals surface area (Å²) in [6.45, 7) is 0.393. The van der Waals surface area contributed by atoms with Crippen LogP contribution in [0.2, 0.25) is 0 Å². The van der Waals surface area contributed by atoms with Crippen molar-refractivity contribution < 1.29 is 13.2 Å². The highest BCUT2D eigenvalue weighted by Crippen LogP contribution is 2.32. The van der Waals surface area contributed by atoms with Crippen molar-refractivity contribution in [1.29, 1.82) is 0 Å². The zero-order valence-corrected chi connectivity index (χ0v) is 11.7. The Morgan fingerprint density at radius 2 is 2.15 bits per heavy atom. The first-order valence-electron chi connectivity index (χ1n) is 5.50. The molecule has 0 fully saturated rings. The van der Waals surface area contributed by atoms with Gasteiger partial charge in [-0.3, -0.25) is 0 Å². The minimum atomic E-state index is -4.42. The third-order valence-electron chi connectivity index (χ3n) is 2.56. The Kier molecular flexibility index (Phi) is 4.24. The van der Waals surface area contributed by atoms with Crippen LogP contribution >= 0.6 is 23.6 Å². The van der Waals surface area contributed by atoms with Crippen LogP contribution in [0.15, 0.2) is 29.1 Å². The SMILES string of the molecule is NC(=S)c1cc(C(F)(F)F)ccc1NCc1cscn1. The summed E-state index contributed by atoms with van der Waals surface area (Å²) in [6.07, 6.45) is -4.42. The van der Waals surface area contributed by atoms with Gasteiger partial charge in [-0.15, -0.1) is 11.3 Å². The Hall–Kier alpha value is -1.67. The monoisotopic (exact) mass is 317 g/mol. The van der Waals surface area contributed by atoms with Crippen LogP contribution < -0.4 is 11.1 Å². The van der Waals surface area contributed by atoms with E-state index in [0.29, 0.717) is 12.2 Å². The topological polar surface area (TPSA) is 50.9 Å². The maximum atomic E-state index is 12.7. The lowest BCUT2D eigenvalue weighted by Gasteiger charge is -2.13. The summed E-state index contributed by atoms with van der Waals surface area (Å²) in [7, 11) is 0. The van der Waals surface area contributed by atoms with Gasteiger partial charge in [-0.25, -0.2) is 4.98 Å². The molecule has 0 saturated heterocycles. The number of alkyl halides is 3. The molecule has 3 N–H and O–H groups in total. The highest BCUT2D eigenvalue weighted by atomic mass is 32.1. The van der Waals surface area contributed by atoms with Gasteiger partial charge in [-0.2, -0.15) is 13.2 Å². The van der Waals surface area contributed by atoms with E-state index in [2.05, 4.69) is 10.3 Å². The summed E-state index contributed by atoms with van der Waals surface area (Å²) in [5.41, 5.74) is 7.81. The molecule has 0 radical (unpaired) electrons. The van der Waals surface area contributed by atoms with Crippen LogP contribution in [0.4, 0.5) is 18.9 Å². The van der Waals surface area contributed by atoms with E-state index >= 15 is 0 Å². The van der Waals surface area contributed by atoms with Gasteiger partial charge >= 0.3 is 6.18 Å². The molecule has 0 atom stereocenters. The number of nitrogens with one attached hydrogen (secondary N) is 1. The van der Waals surface area contributed by atoms with E-state index in [-0.39, 0.29) is 10.6 Å². The molecule has 0 bridgehead atoms. The number of nitrogens with two attached hydrogens (primary N) is 1. The molecular formula is C12H10F3N3S2. The normalized spacial score (nSPS) is 11.3. The van der Waals surface area contributed by atoms with Crippen LogP contribution in [-0.2, 0) is 12.7 Å². The highest BCUT2D eigenvalue weighted by molar-refractivity contribution is 7.80. The molecule has 1 aromatic carbocycles. The average Bonchev–Trinajstić information content (AvgIpc) is 2.88. The number of rotatable bonds is 4. The Balaban J connectivity index is 2.26. The largest absolute Gasteiger partial charge is 0.416 e. The fraction of sp³-hybridized carbons (Fsp3) is 0.167. The second kappa shape index (κ2) is 5.76. The molecule has 0 aliphatic heterocycles. The fourth-order valence-electron chi connectivity index (χ4n) is 1.59. The number of halogens is 3. The third-order valence-corrected chi connectivity index (χ3v) is 3.41. The smallest absolute Gasteiger partial charge is 0.389 e. The molecule has 0 aliphatic rings. The van der Waals surface area contributed by atoms with E-state index in [1.807, 2.05) is 5.38 Å². The first-order valence-corrected chi connectivity index (χ1v) is 6.85. The second-order valence-electron chi connectivity index (χ2n) is 3.96. The number of thiocarbonyl (C=S) groups is 1. The Bertz CT molecular complexity index is 609. The van der Waals surface area contributed by atoms with Crippen molar-refractivity contribution >= 4 is 34.2 Å². The molecule has 106 valence electrons. The van der Waals surface area contributed by atoms with Gasteiger partial charge in [-0.05, 0) is 18.2 Å². The van der Waals surface area contributed by atoms with Gasteiger partial charge in [0.05, 0.1) is 23.3 Å². The second-order valence-corrected chi connectivity index (χ2v) is 5.11. The van der Waals surface area contributed by atoms with Crippen LogP contribution in [0.5, 0.6) is 0 Å². The lowest BCUT2D eigenvalue weighted by molar-refractivity contribution is -0.137. The molecule has 0 saturated carbocycles. The van der Waals surface area contributed by atoms with Gasteiger partial charge in [0, 0.05) is 16.6 Å². The summed E-state index contributed by atoms with van der Waals surface area (Å²) in [5.74, 6) is 0. The number of benzene rings is 1. The number of hydrogen-bond acceptors (Lipinski definition) is 4. The highest BCUT2D eigenvalue weighted by Gasteiger charge is 2.31. The third kappa shape index (κ3) is 3.45. The Morgan fingerprint density at radius 3 is 2.70 bits per heavy atom. The first kappa shape index (κ1) is 14.7. The quantitative estimate of drug-likeness (QED) is 0.849. The first-order chi connectivity index (χ1) is 9.38. The van der Waals surface area contributed by atoms with Crippen molar-refractivity contribution in [3.05, 3.63) is 45.9 Å². The number of hydrogen-bond donors (Lipinski definition) is 2. The van der Waals surface area contributed by atoms with Crippen molar-refractivity contribution in [3.63, 3.8) is 0 Å². The zero-order chi connectivity index (χ0) is 14.8. The predicted octanol–water partition coefficient (Wildman–Crippen LogP) is 3.41. The summed E-state index contributed by atoms with van der Waals surface area (Å²) in [6, 6.07) is 3.26. The maximum Gasteiger partial charge on any atom is 0.416 e. The van der Waals surface area contributed by atoms with Gasteiger partial charge in [0.25, 0.3) is 0 Å². The summed E-state index contributed by atoms with van der Waals surface area (Å²) >= 11 is 6.24. The van der Waals surface area contributed by atoms with Gasteiger partial charge < -0.3 is 11.1 Å². The molecule has 2 aromatic rings. The average molecular weight is 317 g/mol. The zero-order valence-electron chi connectivity index (χ0n) is 10.1. The van der Waals surface area contributed by atoms with Crippen LogP contribution in [0.1, 0.15) is 16.8 Å². The van der Waals surface area contributed by atoms with Gasteiger partial charge in [0.2, 0.25) is 0 Å². The number of aromatic nitrogens is 1.